The molecule has 0 aliphatic rings. The molecule has 0 saturated carbocycles. The van der Waals surface area contributed by atoms with Crippen LogP contribution >= 0.6 is 0 Å². The van der Waals surface area contributed by atoms with E-state index in [-0.39, 0.29) is 5.69 Å². The van der Waals surface area contributed by atoms with Crippen LogP contribution in [0.25, 0.3) is 6.08 Å². The van der Waals surface area contributed by atoms with Gasteiger partial charge in [-0.2, -0.15) is 0 Å². The summed E-state index contributed by atoms with van der Waals surface area (Å²) in [5.74, 6) is -0.495. The van der Waals surface area contributed by atoms with Crippen molar-refractivity contribution in [3.63, 3.8) is 0 Å². The zero-order valence-corrected chi connectivity index (χ0v) is 8.97. The van der Waals surface area contributed by atoms with Gasteiger partial charge in [-0.25, -0.2) is 4.79 Å². The van der Waals surface area contributed by atoms with Crippen LogP contribution in [0, 0.1) is 17.0 Å². The number of nitrogens with zero attached hydrogens (tertiary/aromatic N) is 1. The summed E-state index contributed by atoms with van der Waals surface area (Å²) in [6, 6.07) is 4.69. The van der Waals surface area contributed by atoms with Crippen molar-refractivity contribution >= 4 is 17.7 Å². The second kappa shape index (κ2) is 5.06. The van der Waals surface area contributed by atoms with Gasteiger partial charge in [0.05, 0.1) is 12.0 Å². The molecule has 0 N–H and O–H groups in total. The zero-order valence-electron chi connectivity index (χ0n) is 8.97. The van der Waals surface area contributed by atoms with Crippen molar-refractivity contribution in [1.82, 2.24) is 0 Å². The summed E-state index contributed by atoms with van der Waals surface area (Å²) in [6.45, 7) is 1.63. The Balaban J connectivity index is 3.07. The van der Waals surface area contributed by atoms with Crippen molar-refractivity contribution in [3.05, 3.63) is 45.5 Å². The summed E-state index contributed by atoms with van der Waals surface area (Å²) < 4.78 is 4.43. The van der Waals surface area contributed by atoms with E-state index in [9.17, 15) is 14.9 Å². The molecule has 0 fully saturated rings. The normalized spacial score (nSPS) is 10.4. The third-order valence-electron chi connectivity index (χ3n) is 2.14. The lowest BCUT2D eigenvalue weighted by atomic mass is 10.1. The summed E-state index contributed by atoms with van der Waals surface area (Å²) in [5.41, 5.74) is 1.18. The predicted octanol–water partition coefficient (Wildman–Crippen LogP) is 2.09. The first-order valence-corrected chi connectivity index (χ1v) is 4.56. The zero-order chi connectivity index (χ0) is 12.1. The molecule has 0 aromatic heterocycles. The molecular formula is C11H11NO4. The number of nitro benzene ring substituents is 1. The molecule has 0 saturated heterocycles. The summed E-state index contributed by atoms with van der Waals surface area (Å²) in [5, 5.41) is 10.7. The smallest absolute Gasteiger partial charge is 0.330 e. The van der Waals surface area contributed by atoms with Crippen LogP contribution in [0.15, 0.2) is 24.3 Å². The van der Waals surface area contributed by atoms with Crippen LogP contribution in [0.4, 0.5) is 5.69 Å². The van der Waals surface area contributed by atoms with E-state index in [1.54, 1.807) is 19.1 Å². The number of nitro groups is 1. The first-order valence-electron chi connectivity index (χ1n) is 4.56. The first kappa shape index (κ1) is 11.9. The molecule has 1 aromatic carbocycles. The van der Waals surface area contributed by atoms with Crippen LogP contribution in [0.1, 0.15) is 11.1 Å². The van der Waals surface area contributed by atoms with Crippen LogP contribution in [0.3, 0.4) is 0 Å². The Morgan fingerprint density at radius 3 is 2.75 bits per heavy atom. The maximum atomic E-state index is 10.9. The molecule has 0 amide bonds. The van der Waals surface area contributed by atoms with E-state index in [0.717, 1.165) is 0 Å². The Bertz CT molecular complexity index is 451. The second-order valence-electron chi connectivity index (χ2n) is 3.10. The molecule has 5 heteroatoms. The number of carbonyl (C=O) groups is 1. The van der Waals surface area contributed by atoms with Gasteiger partial charge in [0, 0.05) is 17.7 Å². The minimum Gasteiger partial charge on any atom is -0.466 e. The quantitative estimate of drug-likeness (QED) is 0.339. The largest absolute Gasteiger partial charge is 0.466 e. The lowest BCUT2D eigenvalue weighted by molar-refractivity contribution is -0.385. The minimum absolute atomic E-state index is 0.0343. The molecule has 5 nitrogen and oxygen atoms in total. The molecule has 0 aliphatic carbocycles. The number of methoxy groups -OCH3 is 1. The van der Waals surface area contributed by atoms with E-state index in [1.807, 2.05) is 0 Å². The summed E-state index contributed by atoms with van der Waals surface area (Å²) >= 11 is 0. The Kier molecular flexibility index (Phi) is 3.77. The topological polar surface area (TPSA) is 69.4 Å². The fourth-order valence-electron chi connectivity index (χ4n) is 1.25. The molecule has 16 heavy (non-hydrogen) atoms. The molecular weight excluding hydrogens is 210 g/mol. The van der Waals surface area contributed by atoms with Gasteiger partial charge in [-0.1, -0.05) is 12.1 Å². The van der Waals surface area contributed by atoms with Crippen molar-refractivity contribution < 1.29 is 14.5 Å². The van der Waals surface area contributed by atoms with Crippen molar-refractivity contribution in [2.75, 3.05) is 7.11 Å². The average molecular weight is 221 g/mol. The maximum Gasteiger partial charge on any atom is 0.330 e. The molecule has 0 unspecified atom stereocenters. The van der Waals surface area contributed by atoms with Crippen molar-refractivity contribution in [3.8, 4) is 0 Å². The highest BCUT2D eigenvalue weighted by molar-refractivity contribution is 5.87. The van der Waals surface area contributed by atoms with Crippen molar-refractivity contribution in [1.29, 1.82) is 0 Å². The van der Waals surface area contributed by atoms with E-state index in [1.165, 1.54) is 25.3 Å². The Morgan fingerprint density at radius 1 is 1.50 bits per heavy atom. The van der Waals surface area contributed by atoms with Gasteiger partial charge in [-0.15, -0.1) is 0 Å². The average Bonchev–Trinajstić information content (AvgIpc) is 2.26. The van der Waals surface area contributed by atoms with E-state index in [2.05, 4.69) is 4.74 Å². The fraction of sp³-hybridized carbons (Fsp3) is 0.182. The van der Waals surface area contributed by atoms with Crippen molar-refractivity contribution in [2.24, 2.45) is 0 Å². The fourth-order valence-corrected chi connectivity index (χ4v) is 1.25. The molecule has 0 radical (unpaired) electrons. The Labute approximate surface area is 92.5 Å². The van der Waals surface area contributed by atoms with Gasteiger partial charge in [0.25, 0.3) is 5.69 Å². The van der Waals surface area contributed by atoms with E-state index in [0.29, 0.717) is 11.1 Å². The van der Waals surface area contributed by atoms with Gasteiger partial charge in [0.2, 0.25) is 0 Å². The minimum atomic E-state index is -0.495. The lowest BCUT2D eigenvalue weighted by Gasteiger charge is -2.00. The SMILES string of the molecule is COC(=O)C=Cc1cccc([N+](=O)[O-])c1C. The monoisotopic (exact) mass is 221 g/mol. The lowest BCUT2D eigenvalue weighted by Crippen LogP contribution is -1.95. The summed E-state index contributed by atoms with van der Waals surface area (Å²) in [6.07, 6.45) is 2.72. The molecule has 84 valence electrons. The number of hydrogen-bond acceptors (Lipinski definition) is 4. The van der Waals surface area contributed by atoms with Crippen molar-refractivity contribution in [2.45, 2.75) is 6.92 Å². The van der Waals surface area contributed by atoms with Crippen LogP contribution in [-0.4, -0.2) is 18.0 Å². The van der Waals surface area contributed by atoms with Gasteiger partial charge in [0.1, 0.15) is 0 Å². The Hall–Kier alpha value is -2.17. The van der Waals surface area contributed by atoms with Gasteiger partial charge < -0.3 is 4.74 Å². The number of carbonyl (C=O) groups excluding carboxylic acids is 1. The van der Waals surface area contributed by atoms with E-state index >= 15 is 0 Å². The summed E-state index contributed by atoms with van der Waals surface area (Å²) in [4.78, 5) is 21.1. The standard InChI is InChI=1S/C11H11NO4/c1-8-9(6-7-11(13)16-2)4-3-5-10(8)12(14)15/h3-7H,1-2H3. The molecule has 1 rings (SSSR count). The molecule has 1 aromatic rings. The molecule has 0 spiro atoms. The first-order chi connectivity index (χ1) is 7.56. The van der Waals surface area contributed by atoms with Crippen LogP contribution in [0.2, 0.25) is 0 Å². The van der Waals surface area contributed by atoms with Crippen LogP contribution in [0.5, 0.6) is 0 Å². The Morgan fingerprint density at radius 2 is 2.19 bits per heavy atom. The third-order valence-corrected chi connectivity index (χ3v) is 2.14. The highest BCUT2D eigenvalue weighted by atomic mass is 16.6. The highest BCUT2D eigenvalue weighted by Gasteiger charge is 2.11. The molecule has 0 aliphatic heterocycles. The third kappa shape index (κ3) is 2.66. The van der Waals surface area contributed by atoms with Gasteiger partial charge in [-0.05, 0) is 18.6 Å². The molecule has 0 bridgehead atoms. The number of benzene rings is 1. The number of ether oxygens (including phenoxy) is 1. The second-order valence-corrected chi connectivity index (χ2v) is 3.10. The number of esters is 1. The van der Waals surface area contributed by atoms with Gasteiger partial charge in [0.15, 0.2) is 0 Å². The van der Waals surface area contributed by atoms with Crippen LogP contribution < -0.4 is 0 Å². The van der Waals surface area contributed by atoms with E-state index in [4.69, 9.17) is 0 Å². The van der Waals surface area contributed by atoms with Gasteiger partial charge in [-0.3, -0.25) is 10.1 Å². The highest BCUT2D eigenvalue weighted by Crippen LogP contribution is 2.21. The summed E-state index contributed by atoms with van der Waals surface area (Å²) in [7, 11) is 1.27. The van der Waals surface area contributed by atoms with Crippen LogP contribution in [-0.2, 0) is 9.53 Å². The maximum absolute atomic E-state index is 10.9. The van der Waals surface area contributed by atoms with E-state index < -0.39 is 10.9 Å². The number of rotatable bonds is 3. The van der Waals surface area contributed by atoms with Gasteiger partial charge >= 0.3 is 5.97 Å². The number of hydrogen-bond donors (Lipinski definition) is 0. The predicted molar refractivity (Wildman–Crippen MR) is 58.9 cm³/mol. The molecule has 0 atom stereocenters. The molecule has 0 heterocycles.